The van der Waals surface area contributed by atoms with Gasteiger partial charge in [0.25, 0.3) is 5.91 Å². The minimum atomic E-state index is 0.0590. The first kappa shape index (κ1) is 15.4. The maximum absolute atomic E-state index is 12.9. The molecule has 2 fully saturated rings. The van der Waals surface area contributed by atoms with E-state index < -0.39 is 0 Å². The van der Waals surface area contributed by atoms with Gasteiger partial charge in [0.15, 0.2) is 5.69 Å². The largest absolute Gasteiger partial charge is 0.334 e. The summed E-state index contributed by atoms with van der Waals surface area (Å²) in [6.07, 6.45) is 9.23. The molecule has 0 bridgehead atoms. The van der Waals surface area contributed by atoms with E-state index >= 15 is 0 Å². The molecule has 1 saturated carbocycles. The molecule has 1 amide bonds. The van der Waals surface area contributed by atoms with Crippen molar-refractivity contribution in [2.24, 2.45) is 5.92 Å². The van der Waals surface area contributed by atoms with E-state index in [-0.39, 0.29) is 5.91 Å². The molecule has 5 nitrogen and oxygen atoms in total. The van der Waals surface area contributed by atoms with Crippen molar-refractivity contribution in [2.75, 3.05) is 6.54 Å². The first-order valence-corrected chi connectivity index (χ1v) is 9.06. The number of carbonyl (C=O) groups excluding carboxylic acids is 1. The molecule has 24 heavy (non-hydrogen) atoms. The Kier molecular flexibility index (Phi) is 4.32. The molecule has 4 rings (SSSR count). The fourth-order valence-corrected chi connectivity index (χ4v) is 4.27. The van der Waals surface area contributed by atoms with Crippen molar-refractivity contribution in [3.05, 3.63) is 47.8 Å². The highest BCUT2D eigenvalue weighted by atomic mass is 16.2. The standard InChI is InChI=1S/C19H24N4O/c24-19(23-12-6-11-18(23)16-9-4-5-10-16)17-14-22(21-20-17)13-15-7-2-1-3-8-15/h1-3,7-8,14,16,18H,4-6,9-13H2. The molecular formula is C19H24N4O. The molecule has 1 aliphatic heterocycles. The van der Waals surface area contributed by atoms with Crippen LogP contribution in [0.2, 0.25) is 0 Å². The predicted molar refractivity (Wildman–Crippen MR) is 91.6 cm³/mol. The summed E-state index contributed by atoms with van der Waals surface area (Å²) in [5, 5.41) is 8.29. The van der Waals surface area contributed by atoms with Crippen LogP contribution in [0.25, 0.3) is 0 Å². The maximum Gasteiger partial charge on any atom is 0.276 e. The summed E-state index contributed by atoms with van der Waals surface area (Å²) in [6.45, 7) is 1.51. The summed E-state index contributed by atoms with van der Waals surface area (Å²) < 4.78 is 1.75. The Labute approximate surface area is 142 Å². The second-order valence-electron chi connectivity index (χ2n) is 7.04. The van der Waals surface area contributed by atoms with Gasteiger partial charge in [-0.25, -0.2) is 4.68 Å². The predicted octanol–water partition coefficient (Wildman–Crippen LogP) is 3.12. The SMILES string of the molecule is O=C(c1cn(Cc2ccccc2)nn1)N1CCCC1C1CCCC1. The van der Waals surface area contributed by atoms with Gasteiger partial charge in [0.05, 0.1) is 12.7 Å². The van der Waals surface area contributed by atoms with Gasteiger partial charge in [-0.15, -0.1) is 5.10 Å². The van der Waals surface area contributed by atoms with E-state index in [9.17, 15) is 4.79 Å². The van der Waals surface area contributed by atoms with E-state index in [1.165, 1.54) is 25.7 Å². The summed E-state index contributed by atoms with van der Waals surface area (Å²) in [5.74, 6) is 0.750. The van der Waals surface area contributed by atoms with Crippen LogP contribution in [-0.2, 0) is 6.54 Å². The Morgan fingerprint density at radius 1 is 1.08 bits per heavy atom. The molecule has 126 valence electrons. The zero-order valence-corrected chi connectivity index (χ0v) is 14.0. The fourth-order valence-electron chi connectivity index (χ4n) is 4.27. The summed E-state index contributed by atoms with van der Waals surface area (Å²) in [5.41, 5.74) is 1.64. The highest BCUT2D eigenvalue weighted by Crippen LogP contribution is 2.35. The highest BCUT2D eigenvalue weighted by molar-refractivity contribution is 5.92. The molecule has 1 unspecified atom stereocenters. The topological polar surface area (TPSA) is 51.0 Å². The molecule has 0 radical (unpaired) electrons. The molecule has 1 aromatic carbocycles. The second kappa shape index (κ2) is 6.75. The Hall–Kier alpha value is -2.17. The van der Waals surface area contributed by atoms with Gasteiger partial charge in [-0.2, -0.15) is 0 Å². The van der Waals surface area contributed by atoms with Gasteiger partial charge in [-0.3, -0.25) is 4.79 Å². The number of nitrogens with zero attached hydrogens (tertiary/aromatic N) is 4. The third-order valence-electron chi connectivity index (χ3n) is 5.45. The average Bonchev–Trinajstić information content (AvgIpc) is 3.35. The Morgan fingerprint density at radius 3 is 2.67 bits per heavy atom. The van der Waals surface area contributed by atoms with Gasteiger partial charge in [-0.1, -0.05) is 48.4 Å². The Morgan fingerprint density at radius 2 is 1.88 bits per heavy atom. The van der Waals surface area contributed by atoms with Gasteiger partial charge in [0.1, 0.15) is 0 Å². The van der Waals surface area contributed by atoms with E-state index in [1.54, 1.807) is 10.9 Å². The van der Waals surface area contributed by atoms with E-state index in [0.717, 1.165) is 24.9 Å². The van der Waals surface area contributed by atoms with Crippen molar-refractivity contribution in [3.8, 4) is 0 Å². The number of likely N-dealkylation sites (tertiary alicyclic amines) is 1. The Balaban J connectivity index is 1.46. The van der Waals surface area contributed by atoms with Crippen molar-refractivity contribution in [3.63, 3.8) is 0 Å². The van der Waals surface area contributed by atoms with Gasteiger partial charge in [0.2, 0.25) is 0 Å². The minimum absolute atomic E-state index is 0.0590. The molecule has 1 saturated heterocycles. The van der Waals surface area contributed by atoms with Crippen LogP contribution in [0, 0.1) is 5.92 Å². The number of benzene rings is 1. The van der Waals surface area contributed by atoms with Crippen LogP contribution < -0.4 is 0 Å². The Bertz CT molecular complexity index is 690. The van der Waals surface area contributed by atoms with E-state index in [0.29, 0.717) is 24.2 Å². The number of rotatable bonds is 4. The third kappa shape index (κ3) is 3.07. The normalized spacial score (nSPS) is 21.5. The lowest BCUT2D eigenvalue weighted by molar-refractivity contribution is 0.0683. The smallest absolute Gasteiger partial charge is 0.276 e. The molecule has 2 heterocycles. The molecular weight excluding hydrogens is 300 g/mol. The molecule has 2 aromatic rings. The van der Waals surface area contributed by atoms with Crippen molar-refractivity contribution >= 4 is 5.91 Å². The third-order valence-corrected chi connectivity index (χ3v) is 5.45. The average molecular weight is 324 g/mol. The van der Waals surface area contributed by atoms with Gasteiger partial charge >= 0.3 is 0 Å². The van der Waals surface area contributed by atoms with Crippen LogP contribution in [0.4, 0.5) is 0 Å². The summed E-state index contributed by atoms with van der Waals surface area (Å²) >= 11 is 0. The van der Waals surface area contributed by atoms with E-state index in [2.05, 4.69) is 27.3 Å². The van der Waals surface area contributed by atoms with Crippen LogP contribution >= 0.6 is 0 Å². The van der Waals surface area contributed by atoms with Gasteiger partial charge in [0, 0.05) is 12.6 Å². The number of hydrogen-bond acceptors (Lipinski definition) is 3. The minimum Gasteiger partial charge on any atom is -0.334 e. The quantitative estimate of drug-likeness (QED) is 0.868. The van der Waals surface area contributed by atoms with Crippen LogP contribution in [-0.4, -0.2) is 38.4 Å². The summed E-state index contributed by atoms with van der Waals surface area (Å²) in [4.78, 5) is 15.0. The first-order chi connectivity index (χ1) is 11.8. The molecule has 0 spiro atoms. The number of amides is 1. The number of carbonyl (C=O) groups is 1. The summed E-state index contributed by atoms with van der Waals surface area (Å²) in [6, 6.07) is 10.5. The molecule has 1 aliphatic carbocycles. The monoisotopic (exact) mass is 324 g/mol. The van der Waals surface area contributed by atoms with Crippen molar-refractivity contribution in [1.82, 2.24) is 19.9 Å². The lowest BCUT2D eigenvalue weighted by Crippen LogP contribution is -2.39. The first-order valence-electron chi connectivity index (χ1n) is 9.06. The lowest BCUT2D eigenvalue weighted by atomic mass is 9.96. The maximum atomic E-state index is 12.9. The molecule has 0 N–H and O–H groups in total. The van der Waals surface area contributed by atoms with Crippen LogP contribution in [0.3, 0.4) is 0 Å². The fraction of sp³-hybridized carbons (Fsp3) is 0.526. The molecule has 5 heteroatoms. The van der Waals surface area contributed by atoms with Crippen molar-refractivity contribution in [1.29, 1.82) is 0 Å². The van der Waals surface area contributed by atoms with E-state index in [4.69, 9.17) is 0 Å². The van der Waals surface area contributed by atoms with Crippen LogP contribution in [0.5, 0.6) is 0 Å². The van der Waals surface area contributed by atoms with Crippen molar-refractivity contribution in [2.45, 2.75) is 51.1 Å². The molecule has 1 aromatic heterocycles. The number of aromatic nitrogens is 3. The lowest BCUT2D eigenvalue weighted by Gasteiger charge is -2.28. The van der Waals surface area contributed by atoms with Gasteiger partial charge < -0.3 is 4.90 Å². The van der Waals surface area contributed by atoms with Gasteiger partial charge in [-0.05, 0) is 37.2 Å². The van der Waals surface area contributed by atoms with Crippen molar-refractivity contribution < 1.29 is 4.79 Å². The number of hydrogen-bond donors (Lipinski definition) is 0. The molecule has 2 aliphatic rings. The van der Waals surface area contributed by atoms with Crippen LogP contribution in [0.1, 0.15) is 54.6 Å². The highest BCUT2D eigenvalue weighted by Gasteiger charge is 2.36. The zero-order valence-electron chi connectivity index (χ0n) is 14.0. The van der Waals surface area contributed by atoms with E-state index in [1.807, 2.05) is 18.2 Å². The summed E-state index contributed by atoms with van der Waals surface area (Å²) in [7, 11) is 0. The van der Waals surface area contributed by atoms with Crippen LogP contribution in [0.15, 0.2) is 36.5 Å². The molecule has 1 atom stereocenters. The second-order valence-corrected chi connectivity index (χ2v) is 7.04. The zero-order chi connectivity index (χ0) is 16.4.